The largest absolute Gasteiger partial charge is 0.481 e. The molecule has 1 unspecified atom stereocenters. The maximum Gasteiger partial charge on any atom is 0.330 e. The second-order valence-electron chi connectivity index (χ2n) is 7.08. The number of aromatic nitrogens is 2. The van der Waals surface area contributed by atoms with Crippen LogP contribution < -0.4 is 9.30 Å². The number of benzene rings is 2. The first-order valence-corrected chi connectivity index (χ1v) is 10.0. The van der Waals surface area contributed by atoms with E-state index in [-0.39, 0.29) is 6.04 Å². The molecule has 0 aliphatic rings. The highest BCUT2D eigenvalue weighted by Gasteiger charge is 2.27. The Morgan fingerprint density at radius 2 is 1.72 bits per heavy atom. The lowest BCUT2D eigenvalue weighted by atomic mass is 10.0. The first-order valence-electron chi connectivity index (χ1n) is 10.0. The summed E-state index contributed by atoms with van der Waals surface area (Å²) in [5.74, 6) is 3.64. The number of pyridine rings is 1. The van der Waals surface area contributed by atoms with Gasteiger partial charge in [-0.05, 0) is 29.7 Å². The molecule has 1 atom stereocenters. The third-order valence-electron chi connectivity index (χ3n) is 5.20. The fourth-order valence-corrected chi connectivity index (χ4v) is 3.84. The second kappa shape index (κ2) is 8.67. The lowest BCUT2D eigenvalue weighted by Gasteiger charge is -2.14. The molecule has 0 spiro atoms. The molecule has 3 nitrogen and oxygen atoms in total. The van der Waals surface area contributed by atoms with Crippen molar-refractivity contribution in [2.45, 2.75) is 32.4 Å². The average molecular weight is 381 g/mol. The number of imidazole rings is 1. The normalized spacial score (nSPS) is 11.9. The van der Waals surface area contributed by atoms with Crippen molar-refractivity contribution >= 4 is 5.65 Å². The average Bonchev–Trinajstić information content (AvgIpc) is 3.13. The highest BCUT2D eigenvalue weighted by molar-refractivity contribution is 5.50. The van der Waals surface area contributed by atoms with Crippen LogP contribution in [-0.4, -0.2) is 4.40 Å². The zero-order valence-electron chi connectivity index (χ0n) is 16.7. The van der Waals surface area contributed by atoms with Crippen LogP contribution in [-0.2, 0) is 13.0 Å². The van der Waals surface area contributed by atoms with Gasteiger partial charge in [-0.25, -0.2) is 4.57 Å². The molecule has 3 heteroatoms. The number of fused-ring (bicyclic) bond motifs is 1. The summed E-state index contributed by atoms with van der Waals surface area (Å²) in [5, 5.41) is 0. The second-order valence-corrected chi connectivity index (χ2v) is 7.08. The smallest absolute Gasteiger partial charge is 0.330 e. The molecule has 2 aromatic carbocycles. The van der Waals surface area contributed by atoms with Crippen LogP contribution in [0.1, 0.15) is 36.2 Å². The first-order chi connectivity index (χ1) is 14.3. The molecule has 0 saturated carbocycles. The third kappa shape index (κ3) is 3.88. The quantitative estimate of drug-likeness (QED) is 0.326. The fraction of sp³-hybridized carbons (Fsp3) is 0.192. The molecular formula is C26H25N2O+. The van der Waals surface area contributed by atoms with Crippen LogP contribution >= 0.6 is 0 Å². The summed E-state index contributed by atoms with van der Waals surface area (Å²) in [7, 11) is 0. The van der Waals surface area contributed by atoms with E-state index in [1.54, 1.807) is 0 Å². The number of hydrogen-bond acceptors (Lipinski definition) is 1. The Bertz CT molecular complexity index is 1120. The van der Waals surface area contributed by atoms with Crippen LogP contribution in [0.15, 0.2) is 85.2 Å². The number of terminal acetylenes is 1. The van der Waals surface area contributed by atoms with Gasteiger partial charge >= 0.3 is 5.65 Å². The summed E-state index contributed by atoms with van der Waals surface area (Å²) in [6.45, 7) is 2.74. The Labute approximate surface area is 172 Å². The Kier molecular flexibility index (Phi) is 5.63. The molecule has 4 rings (SSSR count). The molecule has 0 aliphatic carbocycles. The highest BCUT2D eigenvalue weighted by Crippen LogP contribution is 2.25. The molecule has 29 heavy (non-hydrogen) atoms. The molecule has 0 N–H and O–H groups in total. The molecule has 2 aromatic heterocycles. The van der Waals surface area contributed by atoms with Gasteiger partial charge in [-0.15, -0.1) is 6.42 Å². The molecule has 0 saturated heterocycles. The Morgan fingerprint density at radius 1 is 1.00 bits per heavy atom. The fourth-order valence-electron chi connectivity index (χ4n) is 3.84. The van der Waals surface area contributed by atoms with E-state index >= 15 is 0 Å². The van der Waals surface area contributed by atoms with E-state index in [1.807, 2.05) is 30.3 Å². The minimum Gasteiger partial charge on any atom is -0.481 e. The van der Waals surface area contributed by atoms with Gasteiger partial charge in [0, 0.05) is 0 Å². The molecule has 0 bridgehead atoms. The Morgan fingerprint density at radius 3 is 2.41 bits per heavy atom. The molecule has 0 amide bonds. The van der Waals surface area contributed by atoms with Crippen molar-refractivity contribution in [1.82, 2.24) is 4.40 Å². The Hall–Kier alpha value is -3.51. The monoisotopic (exact) mass is 381 g/mol. The van der Waals surface area contributed by atoms with Crippen molar-refractivity contribution < 1.29 is 9.30 Å². The predicted molar refractivity (Wildman–Crippen MR) is 116 cm³/mol. The third-order valence-corrected chi connectivity index (χ3v) is 5.20. The van der Waals surface area contributed by atoms with Gasteiger partial charge < -0.3 is 4.74 Å². The van der Waals surface area contributed by atoms with E-state index in [0.29, 0.717) is 13.0 Å². The lowest BCUT2D eigenvalue weighted by Crippen LogP contribution is -2.39. The van der Waals surface area contributed by atoms with E-state index in [2.05, 4.69) is 76.7 Å². The van der Waals surface area contributed by atoms with Crippen molar-refractivity contribution in [3.05, 3.63) is 102 Å². The van der Waals surface area contributed by atoms with Gasteiger partial charge in [0.1, 0.15) is 18.8 Å². The minimum absolute atomic E-state index is 0.208. The first kappa shape index (κ1) is 18.8. The number of nitrogens with zero attached hydrogens (tertiary/aromatic N) is 2. The summed E-state index contributed by atoms with van der Waals surface area (Å²) in [5.41, 5.74) is 4.54. The Balaban J connectivity index is 1.81. The van der Waals surface area contributed by atoms with Gasteiger partial charge in [0.15, 0.2) is 5.69 Å². The molecule has 4 aromatic rings. The summed E-state index contributed by atoms with van der Waals surface area (Å²) in [6, 6.07) is 25.1. The van der Waals surface area contributed by atoms with Crippen LogP contribution in [0, 0.1) is 12.3 Å². The molecule has 144 valence electrons. The van der Waals surface area contributed by atoms with Gasteiger partial charge in [0.25, 0.3) is 0 Å². The highest BCUT2D eigenvalue weighted by atomic mass is 16.5. The maximum atomic E-state index is 6.27. The van der Waals surface area contributed by atoms with E-state index in [9.17, 15) is 0 Å². The van der Waals surface area contributed by atoms with E-state index in [4.69, 9.17) is 11.2 Å². The van der Waals surface area contributed by atoms with Crippen LogP contribution in [0.3, 0.4) is 0 Å². The van der Waals surface area contributed by atoms with Gasteiger partial charge in [-0.1, -0.05) is 73.5 Å². The van der Waals surface area contributed by atoms with Crippen molar-refractivity contribution in [2.24, 2.45) is 0 Å². The number of rotatable bonds is 7. The van der Waals surface area contributed by atoms with E-state index in [0.717, 1.165) is 29.1 Å². The standard InChI is InChI=1S/C26H25N2O/c1-3-12-23-19-28(24(4-2)22-15-9-6-10-16-22)26-25(17-11-18-27(23)26)29-20-21-13-7-5-8-14-21/h1,5-11,13-19,24H,4,12,20H2,2H3/q+1. The minimum atomic E-state index is 0.208. The van der Waals surface area contributed by atoms with Gasteiger partial charge in [0.2, 0.25) is 5.75 Å². The molecule has 0 aliphatic heterocycles. The van der Waals surface area contributed by atoms with Crippen LogP contribution in [0.2, 0.25) is 0 Å². The molecule has 2 heterocycles. The van der Waals surface area contributed by atoms with Crippen molar-refractivity contribution in [2.75, 3.05) is 0 Å². The predicted octanol–water partition coefficient (Wildman–Crippen LogP) is 4.98. The van der Waals surface area contributed by atoms with E-state index in [1.165, 1.54) is 5.56 Å². The van der Waals surface area contributed by atoms with Gasteiger partial charge in [0.05, 0.1) is 12.6 Å². The zero-order chi connectivity index (χ0) is 20.1. The van der Waals surface area contributed by atoms with Crippen LogP contribution in [0.5, 0.6) is 5.75 Å². The van der Waals surface area contributed by atoms with Crippen molar-refractivity contribution in [3.63, 3.8) is 0 Å². The van der Waals surface area contributed by atoms with Gasteiger partial charge in [-0.2, -0.15) is 4.40 Å². The topological polar surface area (TPSA) is 17.5 Å². The van der Waals surface area contributed by atoms with E-state index < -0.39 is 0 Å². The van der Waals surface area contributed by atoms with Crippen molar-refractivity contribution in [3.8, 4) is 18.1 Å². The van der Waals surface area contributed by atoms with Crippen LogP contribution in [0.4, 0.5) is 0 Å². The summed E-state index contributed by atoms with van der Waals surface area (Å²) >= 11 is 0. The van der Waals surface area contributed by atoms with Crippen LogP contribution in [0.25, 0.3) is 5.65 Å². The van der Waals surface area contributed by atoms with Gasteiger partial charge in [-0.3, -0.25) is 0 Å². The van der Waals surface area contributed by atoms with Crippen molar-refractivity contribution in [1.29, 1.82) is 0 Å². The summed E-state index contributed by atoms with van der Waals surface area (Å²) < 4.78 is 10.7. The summed E-state index contributed by atoms with van der Waals surface area (Å²) in [6.07, 6.45) is 11.4. The number of hydrogen-bond donors (Lipinski definition) is 0. The maximum absolute atomic E-state index is 6.27. The summed E-state index contributed by atoms with van der Waals surface area (Å²) in [4.78, 5) is 0. The zero-order valence-corrected chi connectivity index (χ0v) is 16.7. The molecule has 0 fully saturated rings. The SMILES string of the molecule is C#CCc1c[n+](C(CC)c2ccccc2)c2c(OCc3ccccc3)cccn12. The molecule has 0 radical (unpaired) electrons. The lowest BCUT2D eigenvalue weighted by molar-refractivity contribution is -0.689. The molecular weight excluding hydrogens is 356 g/mol. The number of ether oxygens (including phenoxy) is 1.